The fourth-order valence-electron chi connectivity index (χ4n) is 2.59. The average Bonchev–Trinajstić information content (AvgIpc) is 2.95. The predicted molar refractivity (Wildman–Crippen MR) is 92.0 cm³/mol. The second-order valence-electron chi connectivity index (χ2n) is 5.73. The lowest BCUT2D eigenvalue weighted by Crippen LogP contribution is -2.41. The quantitative estimate of drug-likeness (QED) is 0.913. The van der Waals surface area contributed by atoms with E-state index in [1.807, 2.05) is 6.20 Å². The Labute approximate surface area is 140 Å². The molecule has 0 unspecified atom stereocenters. The van der Waals surface area contributed by atoms with Crippen LogP contribution < -0.4 is 5.32 Å². The number of morpholine rings is 1. The number of hydrogen-bond donors (Lipinski definition) is 1. The number of thiazole rings is 1. The molecular formula is C17H21N3O2S. The van der Waals surface area contributed by atoms with Crippen LogP contribution in [-0.2, 0) is 16.0 Å². The van der Waals surface area contributed by atoms with Crippen LogP contribution in [0.2, 0.25) is 0 Å². The number of aromatic nitrogens is 1. The molecule has 1 aliphatic rings. The number of anilines is 1. The summed E-state index contributed by atoms with van der Waals surface area (Å²) in [6.45, 7) is 5.51. The van der Waals surface area contributed by atoms with Crippen LogP contribution in [0.25, 0.3) is 0 Å². The van der Waals surface area contributed by atoms with Gasteiger partial charge in [0.05, 0.1) is 19.8 Å². The highest BCUT2D eigenvalue weighted by Crippen LogP contribution is 2.21. The first-order valence-electron chi connectivity index (χ1n) is 7.79. The molecule has 0 saturated carbocycles. The minimum atomic E-state index is -0.0108. The maximum absolute atomic E-state index is 12.1. The zero-order chi connectivity index (χ0) is 16.1. The van der Waals surface area contributed by atoms with Crippen molar-refractivity contribution in [3.63, 3.8) is 0 Å². The van der Waals surface area contributed by atoms with Gasteiger partial charge in [-0.2, -0.15) is 0 Å². The van der Waals surface area contributed by atoms with Gasteiger partial charge in [-0.1, -0.05) is 29.8 Å². The van der Waals surface area contributed by atoms with Crippen molar-refractivity contribution in [2.24, 2.45) is 0 Å². The summed E-state index contributed by atoms with van der Waals surface area (Å²) in [4.78, 5) is 19.6. The molecule has 5 nitrogen and oxygen atoms in total. The molecule has 2 aromatic rings. The average molecular weight is 331 g/mol. The van der Waals surface area contributed by atoms with Gasteiger partial charge in [-0.3, -0.25) is 9.69 Å². The normalized spacial score (nSPS) is 15.5. The second kappa shape index (κ2) is 7.68. The molecule has 1 aromatic heterocycles. The molecule has 0 aliphatic carbocycles. The third-order valence-electron chi connectivity index (χ3n) is 3.73. The van der Waals surface area contributed by atoms with E-state index in [0.29, 0.717) is 24.9 Å². The highest BCUT2D eigenvalue weighted by Gasteiger charge is 2.15. The lowest BCUT2D eigenvalue weighted by molar-refractivity contribution is -0.118. The summed E-state index contributed by atoms with van der Waals surface area (Å²) < 4.78 is 5.28. The van der Waals surface area contributed by atoms with E-state index in [-0.39, 0.29) is 5.91 Å². The number of rotatable bonds is 5. The van der Waals surface area contributed by atoms with Crippen LogP contribution in [0.3, 0.4) is 0 Å². The number of amides is 1. The van der Waals surface area contributed by atoms with Gasteiger partial charge in [-0.15, -0.1) is 11.3 Å². The van der Waals surface area contributed by atoms with Crippen LogP contribution in [0.15, 0.2) is 30.5 Å². The maximum atomic E-state index is 12.1. The summed E-state index contributed by atoms with van der Waals surface area (Å²) in [5.74, 6) is -0.0108. The largest absolute Gasteiger partial charge is 0.379 e. The lowest BCUT2D eigenvalue weighted by atomic mass is 10.1. The van der Waals surface area contributed by atoms with Crippen molar-refractivity contribution in [3.8, 4) is 0 Å². The summed E-state index contributed by atoms with van der Waals surface area (Å²) >= 11 is 1.54. The van der Waals surface area contributed by atoms with Crippen LogP contribution in [0, 0.1) is 6.92 Å². The fourth-order valence-corrected chi connectivity index (χ4v) is 3.45. The van der Waals surface area contributed by atoms with Crippen molar-refractivity contribution >= 4 is 22.4 Å². The Hall–Kier alpha value is -1.76. The van der Waals surface area contributed by atoms with Gasteiger partial charge in [-0.05, 0) is 12.5 Å². The molecular weight excluding hydrogens is 310 g/mol. The lowest BCUT2D eigenvalue weighted by Gasteiger charge is -2.25. The van der Waals surface area contributed by atoms with Crippen molar-refractivity contribution in [1.82, 2.24) is 9.88 Å². The molecule has 0 bridgehead atoms. The summed E-state index contributed by atoms with van der Waals surface area (Å²) in [6, 6.07) is 8.45. The summed E-state index contributed by atoms with van der Waals surface area (Å²) in [5.41, 5.74) is 2.52. The molecule has 1 aromatic carbocycles. The number of carbonyl (C=O) groups is 1. The van der Waals surface area contributed by atoms with Crippen molar-refractivity contribution < 1.29 is 9.53 Å². The molecule has 1 amide bonds. The second-order valence-corrected chi connectivity index (χ2v) is 6.85. The van der Waals surface area contributed by atoms with Crippen molar-refractivity contribution in [3.05, 3.63) is 46.5 Å². The summed E-state index contributed by atoms with van der Waals surface area (Å²) in [6.07, 6.45) is 2.69. The monoisotopic (exact) mass is 331 g/mol. The Bertz CT molecular complexity index is 665. The van der Waals surface area contributed by atoms with Crippen LogP contribution in [0.1, 0.15) is 16.0 Å². The molecule has 6 heteroatoms. The zero-order valence-electron chi connectivity index (χ0n) is 13.2. The first-order chi connectivity index (χ1) is 11.2. The van der Waals surface area contributed by atoms with Gasteiger partial charge in [0.2, 0.25) is 5.91 Å². The number of aryl methyl sites for hydroxylation is 1. The molecule has 0 spiro atoms. The van der Waals surface area contributed by atoms with E-state index in [2.05, 4.69) is 46.4 Å². The first kappa shape index (κ1) is 16.1. The summed E-state index contributed by atoms with van der Waals surface area (Å²) in [5, 5.41) is 3.56. The van der Waals surface area contributed by atoms with Gasteiger partial charge >= 0.3 is 0 Å². The standard InChI is InChI=1S/C17H21N3O2S/c1-13-3-2-4-14(9-13)10-15-11-18-17(23-15)19-16(21)12-20-5-7-22-8-6-20/h2-4,9,11H,5-8,10,12H2,1H3,(H,18,19,21). The molecule has 0 radical (unpaired) electrons. The first-order valence-corrected chi connectivity index (χ1v) is 8.61. The molecule has 1 aliphatic heterocycles. The highest BCUT2D eigenvalue weighted by molar-refractivity contribution is 7.15. The fraction of sp³-hybridized carbons (Fsp3) is 0.412. The van der Waals surface area contributed by atoms with Crippen LogP contribution in [0.5, 0.6) is 0 Å². The molecule has 23 heavy (non-hydrogen) atoms. The Kier molecular flexibility index (Phi) is 5.38. The molecule has 2 heterocycles. The number of benzene rings is 1. The smallest absolute Gasteiger partial charge is 0.240 e. The molecule has 1 N–H and O–H groups in total. The number of ether oxygens (including phenoxy) is 1. The number of nitrogens with one attached hydrogen (secondary N) is 1. The van der Waals surface area contributed by atoms with Crippen molar-refractivity contribution in [2.45, 2.75) is 13.3 Å². The minimum Gasteiger partial charge on any atom is -0.379 e. The Morgan fingerprint density at radius 1 is 1.39 bits per heavy atom. The van der Waals surface area contributed by atoms with Gasteiger partial charge in [0, 0.05) is 30.6 Å². The van der Waals surface area contributed by atoms with Crippen LogP contribution in [0.4, 0.5) is 5.13 Å². The zero-order valence-corrected chi connectivity index (χ0v) is 14.1. The van der Waals surface area contributed by atoms with Gasteiger partial charge in [0.25, 0.3) is 0 Å². The third kappa shape index (κ3) is 4.86. The van der Waals surface area contributed by atoms with E-state index in [9.17, 15) is 4.79 Å². The maximum Gasteiger partial charge on any atom is 0.240 e. The number of hydrogen-bond acceptors (Lipinski definition) is 5. The van der Waals surface area contributed by atoms with Gasteiger partial charge < -0.3 is 10.1 Å². The van der Waals surface area contributed by atoms with Crippen LogP contribution >= 0.6 is 11.3 Å². The number of carbonyl (C=O) groups excluding carboxylic acids is 1. The van der Waals surface area contributed by atoms with Crippen molar-refractivity contribution in [2.75, 3.05) is 38.2 Å². The van der Waals surface area contributed by atoms with Gasteiger partial charge in [0.15, 0.2) is 5.13 Å². The van der Waals surface area contributed by atoms with Crippen molar-refractivity contribution in [1.29, 1.82) is 0 Å². The summed E-state index contributed by atoms with van der Waals surface area (Å²) in [7, 11) is 0. The third-order valence-corrected chi connectivity index (χ3v) is 4.64. The van der Waals surface area contributed by atoms with Gasteiger partial charge in [-0.25, -0.2) is 4.98 Å². The molecule has 3 rings (SSSR count). The Morgan fingerprint density at radius 2 is 2.22 bits per heavy atom. The topological polar surface area (TPSA) is 54.5 Å². The van der Waals surface area contributed by atoms with E-state index in [1.165, 1.54) is 22.5 Å². The molecule has 1 saturated heterocycles. The van der Waals surface area contributed by atoms with E-state index in [1.54, 1.807) is 0 Å². The van der Waals surface area contributed by atoms with E-state index in [0.717, 1.165) is 24.4 Å². The SMILES string of the molecule is Cc1cccc(Cc2cnc(NC(=O)CN3CCOCC3)s2)c1. The number of nitrogens with zero attached hydrogens (tertiary/aromatic N) is 2. The molecule has 122 valence electrons. The highest BCUT2D eigenvalue weighted by atomic mass is 32.1. The van der Waals surface area contributed by atoms with Gasteiger partial charge in [0.1, 0.15) is 0 Å². The Balaban J connectivity index is 1.53. The predicted octanol–water partition coefficient (Wildman–Crippen LogP) is 2.31. The van der Waals surface area contributed by atoms with Crippen LogP contribution in [-0.4, -0.2) is 48.6 Å². The Morgan fingerprint density at radius 3 is 3.00 bits per heavy atom. The molecule has 0 atom stereocenters. The van der Waals surface area contributed by atoms with E-state index in [4.69, 9.17) is 4.74 Å². The molecule has 1 fully saturated rings. The van der Waals surface area contributed by atoms with E-state index < -0.39 is 0 Å². The van der Waals surface area contributed by atoms with E-state index >= 15 is 0 Å². The minimum absolute atomic E-state index is 0.0108.